The highest BCUT2D eigenvalue weighted by atomic mass is 35.5. The summed E-state index contributed by atoms with van der Waals surface area (Å²) in [5.41, 5.74) is 2.05. The van der Waals surface area contributed by atoms with Crippen LogP contribution in [0.3, 0.4) is 0 Å². The molecule has 1 aliphatic heterocycles. The van der Waals surface area contributed by atoms with Crippen LogP contribution in [0.4, 0.5) is 5.69 Å². The predicted octanol–water partition coefficient (Wildman–Crippen LogP) is 4.01. The van der Waals surface area contributed by atoms with Gasteiger partial charge in [-0.3, -0.25) is 0 Å². The van der Waals surface area contributed by atoms with Crippen LogP contribution in [-0.4, -0.2) is 12.1 Å². The van der Waals surface area contributed by atoms with Gasteiger partial charge in [-0.25, -0.2) is 0 Å². The number of benzene rings is 1. The highest BCUT2D eigenvalue weighted by Gasteiger charge is 2.33. The van der Waals surface area contributed by atoms with E-state index in [-0.39, 0.29) is 5.60 Å². The molecular weight excluding hydrogens is 222 g/mol. The van der Waals surface area contributed by atoms with Crippen LogP contribution in [0, 0.1) is 6.92 Å². The summed E-state index contributed by atoms with van der Waals surface area (Å²) in [5.74, 6) is 0.958. The first-order valence-corrected chi connectivity index (χ1v) is 6.21. The van der Waals surface area contributed by atoms with Crippen molar-refractivity contribution in [3.05, 3.63) is 22.7 Å². The van der Waals surface area contributed by atoms with E-state index in [1.807, 2.05) is 19.1 Å². The minimum absolute atomic E-state index is 0.0639. The van der Waals surface area contributed by atoms with Crippen molar-refractivity contribution in [1.29, 1.82) is 0 Å². The first-order chi connectivity index (χ1) is 7.60. The Balaban J connectivity index is 2.40. The average molecular weight is 240 g/mol. The Bertz CT molecular complexity index is 399. The van der Waals surface area contributed by atoms with E-state index in [4.69, 9.17) is 16.3 Å². The molecule has 0 bridgehead atoms. The molecule has 0 saturated heterocycles. The zero-order chi connectivity index (χ0) is 11.8. The minimum atomic E-state index is -0.0639. The number of aryl methyl sites for hydroxylation is 1. The van der Waals surface area contributed by atoms with Gasteiger partial charge in [0, 0.05) is 5.02 Å². The van der Waals surface area contributed by atoms with Crippen LogP contribution < -0.4 is 10.1 Å². The van der Waals surface area contributed by atoms with Gasteiger partial charge < -0.3 is 10.1 Å². The number of hydrogen-bond acceptors (Lipinski definition) is 2. The quantitative estimate of drug-likeness (QED) is 0.842. The molecule has 1 aromatic carbocycles. The zero-order valence-electron chi connectivity index (χ0n) is 10.1. The number of ether oxygens (including phenoxy) is 1. The Morgan fingerprint density at radius 2 is 2.06 bits per heavy atom. The molecule has 0 saturated carbocycles. The molecular formula is C13H18ClNO. The van der Waals surface area contributed by atoms with Gasteiger partial charge in [0.2, 0.25) is 0 Å². The van der Waals surface area contributed by atoms with Crippen molar-refractivity contribution in [1.82, 2.24) is 0 Å². The number of fused-ring (bicyclic) bond motifs is 1. The monoisotopic (exact) mass is 239 g/mol. The summed E-state index contributed by atoms with van der Waals surface area (Å²) in [7, 11) is 0. The summed E-state index contributed by atoms with van der Waals surface area (Å²) in [6.07, 6.45) is 2.02. The Kier molecular flexibility index (Phi) is 3.02. The van der Waals surface area contributed by atoms with Crippen LogP contribution in [0.5, 0.6) is 5.75 Å². The lowest BCUT2D eigenvalue weighted by Gasteiger charge is -2.39. The molecule has 16 heavy (non-hydrogen) atoms. The van der Waals surface area contributed by atoms with Crippen LogP contribution in [-0.2, 0) is 0 Å². The molecule has 0 aliphatic carbocycles. The first-order valence-electron chi connectivity index (χ1n) is 5.83. The van der Waals surface area contributed by atoms with Gasteiger partial charge in [0.1, 0.15) is 11.4 Å². The normalized spacial score (nSPS) is 17.2. The second-order valence-corrected chi connectivity index (χ2v) is 4.88. The first kappa shape index (κ1) is 11.6. The van der Waals surface area contributed by atoms with Crippen LogP contribution in [0.1, 0.15) is 32.3 Å². The van der Waals surface area contributed by atoms with Gasteiger partial charge in [-0.2, -0.15) is 0 Å². The Labute approximate surface area is 102 Å². The van der Waals surface area contributed by atoms with Crippen molar-refractivity contribution in [3.8, 4) is 5.75 Å². The van der Waals surface area contributed by atoms with Crippen molar-refractivity contribution in [2.75, 3.05) is 11.9 Å². The molecule has 0 spiro atoms. The maximum Gasteiger partial charge on any atom is 0.146 e. The fraction of sp³-hybridized carbons (Fsp3) is 0.538. The number of nitrogens with one attached hydrogen (secondary N) is 1. The lowest BCUT2D eigenvalue weighted by molar-refractivity contribution is 0.0662. The Morgan fingerprint density at radius 3 is 2.69 bits per heavy atom. The van der Waals surface area contributed by atoms with Crippen molar-refractivity contribution < 1.29 is 4.74 Å². The third kappa shape index (κ3) is 1.86. The molecule has 0 fully saturated rings. The van der Waals surface area contributed by atoms with Gasteiger partial charge in [0.15, 0.2) is 0 Å². The second-order valence-electron chi connectivity index (χ2n) is 4.45. The molecule has 1 heterocycles. The summed E-state index contributed by atoms with van der Waals surface area (Å²) < 4.78 is 6.18. The maximum atomic E-state index is 6.18. The smallest absolute Gasteiger partial charge is 0.146 e. The summed E-state index contributed by atoms with van der Waals surface area (Å²) in [5, 5.41) is 4.18. The fourth-order valence-corrected chi connectivity index (χ4v) is 2.42. The lowest BCUT2D eigenvalue weighted by atomic mass is 9.94. The third-order valence-electron chi connectivity index (χ3n) is 3.45. The number of hydrogen-bond donors (Lipinski definition) is 1. The molecule has 2 rings (SSSR count). The van der Waals surface area contributed by atoms with Gasteiger partial charge in [-0.15, -0.1) is 0 Å². The van der Waals surface area contributed by atoms with Crippen molar-refractivity contribution in [2.45, 2.75) is 39.2 Å². The van der Waals surface area contributed by atoms with Crippen LogP contribution in [0.25, 0.3) is 0 Å². The lowest BCUT2D eigenvalue weighted by Crippen LogP contribution is -2.45. The molecule has 0 unspecified atom stereocenters. The molecule has 0 amide bonds. The second kappa shape index (κ2) is 4.17. The third-order valence-corrected chi connectivity index (χ3v) is 3.67. The topological polar surface area (TPSA) is 21.3 Å². The number of anilines is 1. The van der Waals surface area contributed by atoms with Crippen molar-refractivity contribution in [2.24, 2.45) is 0 Å². The summed E-state index contributed by atoms with van der Waals surface area (Å²) in [6, 6.07) is 3.88. The Hall–Kier alpha value is -0.890. The molecule has 0 radical (unpaired) electrons. The van der Waals surface area contributed by atoms with E-state index in [1.54, 1.807) is 0 Å². The van der Waals surface area contributed by atoms with E-state index in [1.165, 1.54) is 0 Å². The zero-order valence-corrected chi connectivity index (χ0v) is 10.8. The van der Waals surface area contributed by atoms with Crippen molar-refractivity contribution >= 4 is 17.3 Å². The highest BCUT2D eigenvalue weighted by molar-refractivity contribution is 6.31. The molecule has 1 N–H and O–H groups in total. The molecule has 88 valence electrons. The van der Waals surface area contributed by atoms with E-state index in [0.717, 1.165) is 41.4 Å². The molecule has 2 nitrogen and oxygen atoms in total. The van der Waals surface area contributed by atoms with Gasteiger partial charge >= 0.3 is 0 Å². The maximum absolute atomic E-state index is 6.18. The molecule has 1 aromatic rings. The summed E-state index contributed by atoms with van der Waals surface area (Å²) >= 11 is 6.03. The van der Waals surface area contributed by atoms with Crippen LogP contribution in [0.15, 0.2) is 12.1 Å². The van der Waals surface area contributed by atoms with Crippen LogP contribution in [0.2, 0.25) is 5.02 Å². The predicted molar refractivity (Wildman–Crippen MR) is 68.6 cm³/mol. The summed E-state index contributed by atoms with van der Waals surface area (Å²) in [6.45, 7) is 7.23. The molecule has 0 atom stereocenters. The van der Waals surface area contributed by atoms with Gasteiger partial charge in [0.05, 0.1) is 12.2 Å². The Morgan fingerprint density at radius 1 is 1.38 bits per heavy atom. The molecule has 1 aliphatic rings. The number of rotatable bonds is 2. The largest absolute Gasteiger partial charge is 0.483 e. The summed E-state index contributed by atoms with van der Waals surface area (Å²) in [4.78, 5) is 0. The minimum Gasteiger partial charge on any atom is -0.483 e. The molecule has 3 heteroatoms. The van der Waals surface area contributed by atoms with Gasteiger partial charge in [-0.05, 0) is 37.5 Å². The van der Waals surface area contributed by atoms with Crippen molar-refractivity contribution in [3.63, 3.8) is 0 Å². The molecule has 0 aromatic heterocycles. The van der Waals surface area contributed by atoms with E-state index in [0.29, 0.717) is 0 Å². The number of halogens is 1. The van der Waals surface area contributed by atoms with E-state index >= 15 is 0 Å². The SMILES string of the molecule is CCC1(CC)CNc2cc(Cl)cc(C)c2O1. The van der Waals surface area contributed by atoms with Gasteiger partial charge in [-0.1, -0.05) is 25.4 Å². The van der Waals surface area contributed by atoms with E-state index in [9.17, 15) is 0 Å². The van der Waals surface area contributed by atoms with E-state index < -0.39 is 0 Å². The van der Waals surface area contributed by atoms with Crippen LogP contribution >= 0.6 is 11.6 Å². The average Bonchev–Trinajstić information content (AvgIpc) is 2.29. The fourth-order valence-electron chi connectivity index (χ4n) is 2.15. The van der Waals surface area contributed by atoms with E-state index in [2.05, 4.69) is 19.2 Å². The standard InChI is InChI=1S/C13H18ClNO/c1-4-13(5-2)8-15-11-7-10(14)6-9(3)12(11)16-13/h6-7,15H,4-5,8H2,1-3H3. The highest BCUT2D eigenvalue weighted by Crippen LogP contribution is 2.40. The van der Waals surface area contributed by atoms with Gasteiger partial charge in [0.25, 0.3) is 0 Å².